The van der Waals surface area contributed by atoms with Gasteiger partial charge in [-0.1, -0.05) is 26.0 Å². The zero-order chi connectivity index (χ0) is 26.4. The van der Waals surface area contributed by atoms with Crippen LogP contribution in [-0.2, 0) is 9.59 Å². The summed E-state index contributed by atoms with van der Waals surface area (Å²) in [6.45, 7) is 10.3. The van der Waals surface area contributed by atoms with Crippen molar-refractivity contribution >= 4 is 17.4 Å². The highest BCUT2D eigenvalue weighted by atomic mass is 16.5. The molecule has 1 unspecified atom stereocenters. The summed E-state index contributed by atoms with van der Waals surface area (Å²) in [5.41, 5.74) is 2.17. The second kappa shape index (κ2) is 12.1. The molecule has 1 heterocycles. The van der Waals surface area contributed by atoms with E-state index in [1.165, 1.54) is 0 Å². The van der Waals surface area contributed by atoms with Gasteiger partial charge in [-0.05, 0) is 88.3 Å². The molecule has 1 fully saturated rings. The molecule has 2 aromatic rings. The normalized spacial score (nSPS) is 17.3. The van der Waals surface area contributed by atoms with E-state index in [-0.39, 0.29) is 11.3 Å². The van der Waals surface area contributed by atoms with Gasteiger partial charge in [0.15, 0.2) is 0 Å². The van der Waals surface area contributed by atoms with Crippen LogP contribution in [0, 0.1) is 12.8 Å². The van der Waals surface area contributed by atoms with Crippen molar-refractivity contribution in [3.8, 4) is 11.5 Å². The Morgan fingerprint density at radius 1 is 1.08 bits per heavy atom. The fourth-order valence-electron chi connectivity index (χ4n) is 4.30. The van der Waals surface area contributed by atoms with Gasteiger partial charge in [0.2, 0.25) is 0 Å². The molecule has 1 N–H and O–H groups in total. The summed E-state index contributed by atoms with van der Waals surface area (Å²) < 4.78 is 11.4. The second-order valence-electron chi connectivity index (χ2n) is 9.84. The molecule has 1 atom stereocenters. The van der Waals surface area contributed by atoms with E-state index in [1.54, 1.807) is 23.1 Å². The predicted molar refractivity (Wildman–Crippen MR) is 141 cm³/mol. The molecule has 0 aromatic heterocycles. The number of amides is 1. The van der Waals surface area contributed by atoms with Crippen molar-refractivity contribution in [2.45, 2.75) is 40.2 Å². The highest BCUT2D eigenvalue weighted by Crippen LogP contribution is 2.40. The van der Waals surface area contributed by atoms with E-state index in [0.29, 0.717) is 43.4 Å². The molecule has 36 heavy (non-hydrogen) atoms. The topological polar surface area (TPSA) is 79.3 Å². The van der Waals surface area contributed by atoms with Gasteiger partial charge in [0, 0.05) is 12.1 Å². The van der Waals surface area contributed by atoms with E-state index < -0.39 is 17.7 Å². The zero-order valence-electron chi connectivity index (χ0n) is 22.2. The highest BCUT2D eigenvalue weighted by molar-refractivity contribution is 6.46. The smallest absolute Gasteiger partial charge is 0.295 e. The summed E-state index contributed by atoms with van der Waals surface area (Å²) in [7, 11) is 3.93. The third-order valence-electron chi connectivity index (χ3n) is 6.07. The molecule has 0 aliphatic carbocycles. The van der Waals surface area contributed by atoms with Gasteiger partial charge in [0.25, 0.3) is 11.7 Å². The first-order valence-electron chi connectivity index (χ1n) is 12.5. The Hall–Kier alpha value is -3.32. The molecule has 0 spiro atoms. The van der Waals surface area contributed by atoms with Crippen molar-refractivity contribution in [1.29, 1.82) is 0 Å². The molecule has 1 aliphatic rings. The molecule has 3 rings (SSSR count). The van der Waals surface area contributed by atoms with E-state index in [9.17, 15) is 14.7 Å². The molecule has 2 aromatic carbocycles. The largest absolute Gasteiger partial charge is 0.507 e. The Kier molecular flexibility index (Phi) is 9.15. The van der Waals surface area contributed by atoms with Crippen LogP contribution in [0.1, 0.15) is 49.9 Å². The fraction of sp³-hybridized carbons (Fsp3) is 0.448. The first-order chi connectivity index (χ1) is 17.1. The van der Waals surface area contributed by atoms with Crippen LogP contribution in [0.4, 0.5) is 0 Å². The number of aryl methyl sites for hydroxylation is 1. The fourth-order valence-corrected chi connectivity index (χ4v) is 4.30. The maximum Gasteiger partial charge on any atom is 0.295 e. The molecule has 1 saturated heterocycles. The van der Waals surface area contributed by atoms with Crippen LogP contribution in [0.2, 0.25) is 0 Å². The number of rotatable bonds is 11. The van der Waals surface area contributed by atoms with E-state index in [2.05, 4.69) is 13.8 Å². The molecule has 1 amide bonds. The Balaban J connectivity index is 2.03. The number of carbonyl (C=O) groups is 2. The second-order valence-corrected chi connectivity index (χ2v) is 9.84. The summed E-state index contributed by atoms with van der Waals surface area (Å²) in [5.74, 6) is 0.374. The Labute approximate surface area is 214 Å². The number of ether oxygens (including phenoxy) is 2. The van der Waals surface area contributed by atoms with Gasteiger partial charge in [0.1, 0.15) is 17.3 Å². The average molecular weight is 495 g/mol. The van der Waals surface area contributed by atoms with Crippen molar-refractivity contribution in [3.63, 3.8) is 0 Å². The van der Waals surface area contributed by atoms with E-state index >= 15 is 0 Å². The van der Waals surface area contributed by atoms with Gasteiger partial charge in [0.05, 0.1) is 24.8 Å². The van der Waals surface area contributed by atoms with E-state index in [0.717, 1.165) is 23.4 Å². The van der Waals surface area contributed by atoms with E-state index in [1.807, 2.05) is 57.1 Å². The minimum Gasteiger partial charge on any atom is -0.507 e. The standard InChI is InChI=1S/C29H38N2O5/c1-7-35-23-12-9-21(10-13-23)26-25(28(33)29(34)31(26)16-8-15-30(5)6)27(32)22-11-14-24(20(4)17-22)36-18-19(2)3/h9-14,17,19,26,32H,7-8,15-16,18H2,1-6H3/b27-25-. The highest BCUT2D eigenvalue weighted by Gasteiger charge is 2.45. The molecule has 7 nitrogen and oxygen atoms in total. The first-order valence-corrected chi connectivity index (χ1v) is 12.5. The molecular weight excluding hydrogens is 456 g/mol. The third-order valence-corrected chi connectivity index (χ3v) is 6.07. The van der Waals surface area contributed by atoms with Gasteiger partial charge in [-0.2, -0.15) is 0 Å². The number of aliphatic hydroxyl groups excluding tert-OH is 1. The maximum atomic E-state index is 13.2. The Morgan fingerprint density at radius 3 is 2.36 bits per heavy atom. The molecule has 7 heteroatoms. The Morgan fingerprint density at radius 2 is 1.78 bits per heavy atom. The number of nitrogens with zero attached hydrogens (tertiary/aromatic N) is 2. The number of hydrogen-bond acceptors (Lipinski definition) is 6. The van der Waals surface area contributed by atoms with Gasteiger partial charge < -0.3 is 24.4 Å². The summed E-state index contributed by atoms with van der Waals surface area (Å²) in [6, 6.07) is 12.0. The van der Waals surface area contributed by atoms with Gasteiger partial charge in [-0.25, -0.2) is 0 Å². The van der Waals surface area contributed by atoms with Crippen molar-refractivity contribution in [2.24, 2.45) is 5.92 Å². The van der Waals surface area contributed by atoms with Gasteiger partial charge in [-0.3, -0.25) is 9.59 Å². The number of likely N-dealkylation sites (tertiary alicyclic amines) is 1. The average Bonchev–Trinajstić information content (AvgIpc) is 3.08. The molecule has 0 saturated carbocycles. The predicted octanol–water partition coefficient (Wildman–Crippen LogP) is 4.80. The molecule has 194 valence electrons. The SMILES string of the molecule is CCOc1ccc(C2/C(=C(/O)c3ccc(OCC(C)C)c(C)c3)C(=O)C(=O)N2CCCN(C)C)cc1. The van der Waals surface area contributed by atoms with Crippen molar-refractivity contribution in [1.82, 2.24) is 9.80 Å². The first kappa shape index (κ1) is 27.3. The monoisotopic (exact) mass is 494 g/mol. The van der Waals surface area contributed by atoms with Crippen LogP contribution in [0.5, 0.6) is 11.5 Å². The quantitative estimate of drug-likeness (QED) is 0.275. The molecular formula is C29H38N2O5. The van der Waals surface area contributed by atoms with Gasteiger partial charge in [-0.15, -0.1) is 0 Å². The lowest BCUT2D eigenvalue weighted by molar-refractivity contribution is -0.139. The lowest BCUT2D eigenvalue weighted by Crippen LogP contribution is -2.32. The van der Waals surface area contributed by atoms with Crippen LogP contribution < -0.4 is 9.47 Å². The number of benzene rings is 2. The van der Waals surface area contributed by atoms with Crippen LogP contribution in [0.15, 0.2) is 48.0 Å². The van der Waals surface area contributed by atoms with Crippen LogP contribution in [0.25, 0.3) is 5.76 Å². The number of Topliss-reactive ketones (excluding diaryl/α,β-unsaturated/α-hetero) is 1. The van der Waals surface area contributed by atoms with Crippen molar-refractivity contribution in [2.75, 3.05) is 40.4 Å². The molecule has 0 radical (unpaired) electrons. The van der Waals surface area contributed by atoms with E-state index in [4.69, 9.17) is 9.47 Å². The maximum absolute atomic E-state index is 13.2. The minimum absolute atomic E-state index is 0.101. The number of ketones is 1. The molecule has 0 bridgehead atoms. The number of hydrogen-bond donors (Lipinski definition) is 1. The van der Waals surface area contributed by atoms with Crippen molar-refractivity contribution < 1.29 is 24.2 Å². The van der Waals surface area contributed by atoms with Crippen LogP contribution in [-0.4, -0.2) is 67.0 Å². The van der Waals surface area contributed by atoms with Gasteiger partial charge >= 0.3 is 0 Å². The third kappa shape index (κ3) is 6.26. The number of carbonyl (C=O) groups excluding carboxylic acids is 2. The van der Waals surface area contributed by atoms with Crippen molar-refractivity contribution in [3.05, 3.63) is 64.7 Å². The molecule has 1 aliphatic heterocycles. The summed E-state index contributed by atoms with van der Waals surface area (Å²) in [5, 5.41) is 11.4. The summed E-state index contributed by atoms with van der Waals surface area (Å²) in [6.07, 6.45) is 0.703. The van der Waals surface area contributed by atoms with Crippen LogP contribution >= 0.6 is 0 Å². The summed E-state index contributed by atoms with van der Waals surface area (Å²) in [4.78, 5) is 30.0. The Bertz CT molecular complexity index is 1110. The number of aliphatic hydroxyl groups is 1. The lowest BCUT2D eigenvalue weighted by atomic mass is 9.94. The zero-order valence-corrected chi connectivity index (χ0v) is 22.2. The van der Waals surface area contributed by atoms with Crippen LogP contribution in [0.3, 0.4) is 0 Å². The summed E-state index contributed by atoms with van der Waals surface area (Å²) >= 11 is 0. The lowest BCUT2D eigenvalue weighted by Gasteiger charge is -2.26. The minimum atomic E-state index is -0.681.